The minimum atomic E-state index is -0.565. The average Bonchev–Trinajstić information content (AvgIpc) is 2.75. The molecule has 4 aromatic rings. The number of nitrogens with zero attached hydrogens (tertiary/aromatic N) is 4. The van der Waals surface area contributed by atoms with Gasteiger partial charge in [0.1, 0.15) is 0 Å². The molecule has 0 aliphatic heterocycles. The molecular weight excluding hydrogens is 380 g/mol. The number of carbonyl (C=O) groups is 1. The van der Waals surface area contributed by atoms with E-state index in [1.807, 2.05) is 26.0 Å². The van der Waals surface area contributed by atoms with Crippen LogP contribution in [0.4, 0.5) is 0 Å². The number of hydrogen-bond donors (Lipinski definition) is 0. The van der Waals surface area contributed by atoms with Gasteiger partial charge in [-0.25, -0.2) is 9.78 Å². The fourth-order valence-electron chi connectivity index (χ4n) is 3.54. The second-order valence-electron chi connectivity index (χ2n) is 7.19. The Labute approximate surface area is 172 Å². The molecule has 0 aliphatic carbocycles. The third-order valence-corrected chi connectivity index (χ3v) is 5.02. The lowest BCUT2D eigenvalue weighted by Gasteiger charge is -2.14. The molecule has 1 aromatic carbocycles. The Balaban J connectivity index is 1.85. The molecule has 0 bridgehead atoms. The van der Waals surface area contributed by atoms with Gasteiger partial charge < -0.3 is 0 Å². The number of carbonyl (C=O) groups excluding carboxylic acids is 1. The zero-order valence-electron chi connectivity index (χ0n) is 16.7. The van der Waals surface area contributed by atoms with E-state index < -0.39 is 11.2 Å². The summed E-state index contributed by atoms with van der Waals surface area (Å²) in [6.07, 6.45) is 3.09. The van der Waals surface area contributed by atoms with Crippen LogP contribution in [-0.4, -0.2) is 24.9 Å². The first-order chi connectivity index (χ1) is 14.5. The van der Waals surface area contributed by atoms with E-state index in [1.54, 1.807) is 42.6 Å². The van der Waals surface area contributed by atoms with Crippen LogP contribution in [0.1, 0.15) is 27.2 Å². The van der Waals surface area contributed by atoms with E-state index in [0.29, 0.717) is 16.8 Å². The Morgan fingerprint density at radius 1 is 0.933 bits per heavy atom. The number of rotatable bonds is 5. The molecule has 150 valence electrons. The molecule has 0 saturated carbocycles. The van der Waals surface area contributed by atoms with E-state index in [1.165, 1.54) is 10.8 Å². The molecule has 0 saturated heterocycles. The van der Waals surface area contributed by atoms with Gasteiger partial charge in [-0.2, -0.15) is 0 Å². The van der Waals surface area contributed by atoms with Gasteiger partial charge in [-0.1, -0.05) is 29.8 Å². The van der Waals surface area contributed by atoms with Crippen LogP contribution >= 0.6 is 0 Å². The van der Waals surface area contributed by atoms with Gasteiger partial charge in [0.2, 0.25) is 0 Å². The first-order valence-electron chi connectivity index (χ1n) is 9.54. The first kappa shape index (κ1) is 19.4. The lowest BCUT2D eigenvalue weighted by atomic mass is 10.0. The highest BCUT2D eigenvalue weighted by Gasteiger charge is 2.18. The summed E-state index contributed by atoms with van der Waals surface area (Å²) in [5, 5.41) is 0. The number of pyridine rings is 2. The van der Waals surface area contributed by atoms with Crippen molar-refractivity contribution in [1.29, 1.82) is 0 Å². The van der Waals surface area contributed by atoms with E-state index in [0.717, 1.165) is 15.7 Å². The smallest absolute Gasteiger partial charge is 0.292 e. The van der Waals surface area contributed by atoms with Gasteiger partial charge in [0.05, 0.1) is 24.3 Å². The maximum absolute atomic E-state index is 13.2. The Morgan fingerprint density at radius 2 is 1.73 bits per heavy atom. The molecule has 0 aliphatic rings. The van der Waals surface area contributed by atoms with Crippen molar-refractivity contribution in [3.63, 3.8) is 0 Å². The van der Waals surface area contributed by atoms with Crippen LogP contribution < -0.4 is 11.2 Å². The number of fused-ring (bicyclic) bond motifs is 1. The highest BCUT2D eigenvalue weighted by Crippen LogP contribution is 2.13. The molecule has 7 nitrogen and oxygen atoms in total. The van der Waals surface area contributed by atoms with Crippen molar-refractivity contribution in [2.45, 2.75) is 26.9 Å². The van der Waals surface area contributed by atoms with Gasteiger partial charge in [0, 0.05) is 18.0 Å². The van der Waals surface area contributed by atoms with Gasteiger partial charge in [0.15, 0.2) is 11.3 Å². The summed E-state index contributed by atoms with van der Waals surface area (Å²) in [6.45, 7) is 3.64. The molecule has 7 heteroatoms. The molecule has 0 unspecified atom stereocenters. The number of hydrogen-bond acceptors (Lipinski definition) is 5. The van der Waals surface area contributed by atoms with Gasteiger partial charge >= 0.3 is 5.69 Å². The van der Waals surface area contributed by atoms with E-state index in [2.05, 4.69) is 9.97 Å². The maximum Gasteiger partial charge on any atom is 0.332 e. The minimum absolute atomic E-state index is 0.00275. The number of Topliss-reactive ketones (excluding diaryl/α,β-unsaturated/α-hetero) is 1. The summed E-state index contributed by atoms with van der Waals surface area (Å²) in [4.78, 5) is 47.5. The van der Waals surface area contributed by atoms with Crippen LogP contribution in [0.2, 0.25) is 0 Å². The summed E-state index contributed by atoms with van der Waals surface area (Å²) < 4.78 is 2.39. The highest BCUT2D eigenvalue weighted by atomic mass is 16.2. The monoisotopic (exact) mass is 400 g/mol. The van der Waals surface area contributed by atoms with Crippen molar-refractivity contribution in [2.75, 3.05) is 0 Å². The SMILES string of the molecule is Cc1ccc(C(=O)Cn2c(=O)n(Cc3ccccn3)c(=O)c3ncccc32)c(C)c1. The fraction of sp³-hybridized carbons (Fsp3) is 0.174. The molecule has 0 atom stereocenters. The Morgan fingerprint density at radius 3 is 2.47 bits per heavy atom. The normalized spacial score (nSPS) is 11.0. The molecule has 30 heavy (non-hydrogen) atoms. The Bertz CT molecular complexity index is 1370. The largest absolute Gasteiger partial charge is 0.332 e. The number of aromatic nitrogens is 4. The zero-order chi connectivity index (χ0) is 21.3. The van der Waals surface area contributed by atoms with Crippen LogP contribution in [0, 0.1) is 13.8 Å². The molecule has 0 amide bonds. The molecular formula is C23H20N4O3. The minimum Gasteiger partial charge on any atom is -0.292 e. The summed E-state index contributed by atoms with van der Waals surface area (Å²) in [5.74, 6) is -0.206. The van der Waals surface area contributed by atoms with Crippen LogP contribution in [0.15, 0.2) is 70.5 Å². The van der Waals surface area contributed by atoms with E-state index in [9.17, 15) is 14.4 Å². The van der Waals surface area contributed by atoms with Crippen molar-refractivity contribution in [2.24, 2.45) is 0 Å². The van der Waals surface area contributed by atoms with Gasteiger partial charge in [-0.3, -0.25) is 23.7 Å². The number of aryl methyl sites for hydroxylation is 2. The fourth-order valence-corrected chi connectivity index (χ4v) is 3.54. The van der Waals surface area contributed by atoms with Crippen molar-refractivity contribution in [1.82, 2.24) is 19.1 Å². The first-order valence-corrected chi connectivity index (χ1v) is 9.54. The molecule has 3 heterocycles. The number of ketones is 1. The summed E-state index contributed by atoms with van der Waals surface area (Å²) in [5.41, 5.74) is 2.42. The Kier molecular flexibility index (Phi) is 5.10. The lowest BCUT2D eigenvalue weighted by Crippen LogP contribution is -2.41. The topological polar surface area (TPSA) is 86.9 Å². The third kappa shape index (κ3) is 3.57. The van der Waals surface area contributed by atoms with Gasteiger partial charge in [0.25, 0.3) is 5.56 Å². The van der Waals surface area contributed by atoms with Crippen LogP contribution in [-0.2, 0) is 13.1 Å². The van der Waals surface area contributed by atoms with E-state index in [4.69, 9.17) is 0 Å². The zero-order valence-corrected chi connectivity index (χ0v) is 16.7. The molecule has 0 N–H and O–H groups in total. The standard InChI is InChI=1S/C23H20N4O3/c1-15-8-9-18(16(2)12-15)20(28)14-26-19-7-5-11-25-21(19)22(29)27(23(26)30)13-17-6-3-4-10-24-17/h3-12H,13-14H2,1-2H3. The summed E-state index contributed by atoms with van der Waals surface area (Å²) in [6, 6.07) is 14.1. The van der Waals surface area contributed by atoms with Crippen molar-refractivity contribution >= 4 is 16.8 Å². The predicted octanol–water partition coefficient (Wildman–Crippen LogP) is 2.50. The van der Waals surface area contributed by atoms with E-state index >= 15 is 0 Å². The van der Waals surface area contributed by atoms with Crippen LogP contribution in [0.5, 0.6) is 0 Å². The highest BCUT2D eigenvalue weighted by molar-refractivity contribution is 5.97. The molecule has 0 radical (unpaired) electrons. The molecule has 0 fully saturated rings. The predicted molar refractivity (Wildman–Crippen MR) is 114 cm³/mol. The van der Waals surface area contributed by atoms with Crippen LogP contribution in [0.25, 0.3) is 11.0 Å². The van der Waals surface area contributed by atoms with Crippen molar-refractivity contribution in [3.8, 4) is 0 Å². The maximum atomic E-state index is 13.2. The molecule has 0 spiro atoms. The lowest BCUT2D eigenvalue weighted by molar-refractivity contribution is 0.0970. The second kappa shape index (κ2) is 7.87. The summed E-state index contributed by atoms with van der Waals surface area (Å²) in [7, 11) is 0. The third-order valence-electron chi connectivity index (χ3n) is 5.02. The van der Waals surface area contributed by atoms with Crippen LogP contribution in [0.3, 0.4) is 0 Å². The average molecular weight is 400 g/mol. The molecule has 4 rings (SSSR count). The molecule has 3 aromatic heterocycles. The van der Waals surface area contributed by atoms with Crippen molar-refractivity contribution in [3.05, 3.63) is 104 Å². The summed E-state index contributed by atoms with van der Waals surface area (Å²) >= 11 is 0. The Hall–Kier alpha value is -3.87. The van der Waals surface area contributed by atoms with Gasteiger partial charge in [-0.05, 0) is 43.7 Å². The second-order valence-corrected chi connectivity index (χ2v) is 7.19. The number of benzene rings is 1. The van der Waals surface area contributed by atoms with E-state index in [-0.39, 0.29) is 24.4 Å². The quantitative estimate of drug-likeness (QED) is 0.481. The van der Waals surface area contributed by atoms with Crippen molar-refractivity contribution < 1.29 is 4.79 Å². The van der Waals surface area contributed by atoms with Gasteiger partial charge in [-0.15, -0.1) is 0 Å².